The molecule has 4 aliphatic rings. The molecule has 2 heterocycles. The lowest BCUT2D eigenvalue weighted by Crippen LogP contribution is -2.56. The molecule has 0 aliphatic heterocycles. The lowest BCUT2D eigenvalue weighted by Gasteiger charge is -2.59. The summed E-state index contributed by atoms with van der Waals surface area (Å²) in [5.41, 5.74) is 2.63. The second-order valence-electron chi connectivity index (χ2n) is 10.2. The number of nitrogens with one attached hydrogen (secondary N) is 1. The monoisotopic (exact) mass is 418 g/mol. The number of fused-ring (bicyclic) bond motifs is 1. The van der Waals surface area contributed by atoms with Crippen molar-refractivity contribution in [3.8, 4) is 10.6 Å². The highest BCUT2D eigenvalue weighted by atomic mass is 32.1. The third-order valence-electron chi connectivity index (χ3n) is 8.27. The summed E-state index contributed by atoms with van der Waals surface area (Å²) in [6.07, 6.45) is 8.31. The Morgan fingerprint density at radius 2 is 1.80 bits per heavy atom. The van der Waals surface area contributed by atoms with Crippen LogP contribution in [0, 0.1) is 23.2 Å². The second-order valence-corrected chi connectivity index (χ2v) is 11.2. The van der Waals surface area contributed by atoms with E-state index in [0.29, 0.717) is 12.0 Å². The van der Waals surface area contributed by atoms with Gasteiger partial charge in [0, 0.05) is 16.9 Å². The molecule has 2 aromatic heterocycles. The minimum absolute atomic E-state index is 0.150. The minimum atomic E-state index is 0.150. The molecular formula is C26H30N2OS. The van der Waals surface area contributed by atoms with E-state index in [9.17, 15) is 4.79 Å². The number of thiophene rings is 1. The Bertz CT molecular complexity index is 1040. The molecule has 0 radical (unpaired) electrons. The van der Waals surface area contributed by atoms with Gasteiger partial charge in [0.15, 0.2) is 0 Å². The first-order valence-electron chi connectivity index (χ1n) is 11.5. The van der Waals surface area contributed by atoms with Crippen LogP contribution in [0.1, 0.15) is 45.4 Å². The first-order valence-corrected chi connectivity index (χ1v) is 12.4. The van der Waals surface area contributed by atoms with Gasteiger partial charge >= 0.3 is 0 Å². The Morgan fingerprint density at radius 3 is 2.47 bits per heavy atom. The normalized spacial score (nSPS) is 30.6. The van der Waals surface area contributed by atoms with Crippen LogP contribution >= 0.6 is 11.3 Å². The van der Waals surface area contributed by atoms with Crippen LogP contribution < -0.4 is 5.32 Å². The van der Waals surface area contributed by atoms with E-state index in [4.69, 9.17) is 0 Å². The number of para-hydroxylation sites is 1. The smallest absolute Gasteiger partial charge is 0.240 e. The number of nitrogens with zero attached hydrogens (tertiary/aromatic N) is 1. The standard InChI is InChI=1S/C26H30N2OS/c1-17(26-13-18-9-19(14-26)11-20(10-18)15-26)27-25(29)16-28-22-6-3-2-5-21(22)12-23(28)24-7-4-8-30-24/h2-8,12,17-20H,9-11,13-16H2,1H3,(H,27,29)/t17-,18?,19?,20?,26?/m0/s1. The number of carbonyl (C=O) groups excluding carboxylic acids is 1. The Balaban J connectivity index is 1.25. The van der Waals surface area contributed by atoms with Crippen LogP contribution in [0.3, 0.4) is 0 Å². The van der Waals surface area contributed by atoms with Crippen molar-refractivity contribution >= 4 is 28.1 Å². The number of hydrogen-bond donors (Lipinski definition) is 1. The van der Waals surface area contributed by atoms with Gasteiger partial charge in [0.05, 0.1) is 10.6 Å². The molecule has 0 saturated heterocycles. The van der Waals surface area contributed by atoms with Gasteiger partial charge in [0.2, 0.25) is 5.91 Å². The van der Waals surface area contributed by atoms with E-state index in [2.05, 4.69) is 64.7 Å². The highest BCUT2D eigenvalue weighted by Crippen LogP contribution is 2.61. The maximum atomic E-state index is 13.3. The van der Waals surface area contributed by atoms with Crippen LogP contribution in [0.2, 0.25) is 0 Å². The molecule has 1 amide bonds. The van der Waals surface area contributed by atoms with E-state index < -0.39 is 0 Å². The molecule has 4 heteroatoms. The van der Waals surface area contributed by atoms with E-state index >= 15 is 0 Å². The van der Waals surface area contributed by atoms with Gasteiger partial charge in [-0.2, -0.15) is 0 Å². The van der Waals surface area contributed by atoms with Crippen LogP contribution in [0.15, 0.2) is 47.8 Å². The van der Waals surface area contributed by atoms with Crippen molar-refractivity contribution in [1.29, 1.82) is 0 Å². The van der Waals surface area contributed by atoms with Crippen LogP contribution in [-0.2, 0) is 11.3 Å². The van der Waals surface area contributed by atoms with E-state index in [-0.39, 0.29) is 11.9 Å². The zero-order chi connectivity index (χ0) is 20.3. The summed E-state index contributed by atoms with van der Waals surface area (Å²) in [5, 5.41) is 6.76. The topological polar surface area (TPSA) is 34.0 Å². The van der Waals surface area contributed by atoms with Gasteiger partial charge in [-0.25, -0.2) is 0 Å². The van der Waals surface area contributed by atoms with E-state index in [0.717, 1.165) is 29.0 Å². The molecule has 1 atom stereocenters. The van der Waals surface area contributed by atoms with Gasteiger partial charge in [-0.3, -0.25) is 4.79 Å². The fourth-order valence-electron chi connectivity index (χ4n) is 7.30. The number of aromatic nitrogens is 1. The predicted molar refractivity (Wildman–Crippen MR) is 123 cm³/mol. The van der Waals surface area contributed by atoms with E-state index in [1.54, 1.807) is 11.3 Å². The largest absolute Gasteiger partial charge is 0.352 e. The molecule has 1 aromatic carbocycles. The fraction of sp³-hybridized carbons (Fsp3) is 0.500. The molecule has 4 bridgehead atoms. The lowest BCUT2D eigenvalue weighted by molar-refractivity contribution is -0.126. The third-order valence-corrected chi connectivity index (χ3v) is 9.16. The lowest BCUT2D eigenvalue weighted by atomic mass is 9.48. The van der Waals surface area contributed by atoms with Gasteiger partial charge in [0.25, 0.3) is 0 Å². The molecule has 4 aliphatic carbocycles. The number of hydrogen-bond acceptors (Lipinski definition) is 2. The second kappa shape index (κ2) is 6.98. The maximum absolute atomic E-state index is 13.3. The highest BCUT2D eigenvalue weighted by Gasteiger charge is 2.53. The van der Waals surface area contributed by atoms with Gasteiger partial charge in [-0.05, 0) is 92.2 Å². The molecule has 30 heavy (non-hydrogen) atoms. The summed E-state index contributed by atoms with van der Waals surface area (Å²) in [7, 11) is 0. The SMILES string of the molecule is C[C@H](NC(=O)Cn1c(-c2cccs2)cc2ccccc21)C12CC3CC(CC(C3)C1)C2. The minimum Gasteiger partial charge on any atom is -0.352 e. The average molecular weight is 419 g/mol. The Morgan fingerprint density at radius 1 is 1.10 bits per heavy atom. The molecule has 156 valence electrons. The fourth-order valence-corrected chi connectivity index (χ4v) is 8.05. The summed E-state index contributed by atoms with van der Waals surface area (Å²) < 4.78 is 2.20. The zero-order valence-corrected chi connectivity index (χ0v) is 18.5. The molecule has 0 spiro atoms. The Kier molecular flexibility index (Phi) is 4.35. The first kappa shape index (κ1) is 18.7. The number of rotatable bonds is 5. The molecule has 7 rings (SSSR count). The summed E-state index contributed by atoms with van der Waals surface area (Å²) in [6, 6.07) is 15.1. The van der Waals surface area contributed by atoms with Crippen molar-refractivity contribution < 1.29 is 4.79 Å². The molecular weight excluding hydrogens is 388 g/mol. The molecule has 3 nitrogen and oxygen atoms in total. The van der Waals surface area contributed by atoms with E-state index in [1.807, 2.05) is 0 Å². The summed E-state index contributed by atoms with van der Waals surface area (Å²) in [5.74, 6) is 2.88. The van der Waals surface area contributed by atoms with Gasteiger partial charge in [0.1, 0.15) is 6.54 Å². The first-order chi connectivity index (χ1) is 14.6. The Labute approximate surface area is 182 Å². The van der Waals surface area contributed by atoms with Crippen molar-refractivity contribution in [3.05, 3.63) is 47.8 Å². The number of carbonyl (C=O) groups is 1. The van der Waals surface area contributed by atoms with Gasteiger partial charge in [-0.1, -0.05) is 24.3 Å². The summed E-state index contributed by atoms with van der Waals surface area (Å²) in [4.78, 5) is 14.5. The maximum Gasteiger partial charge on any atom is 0.240 e. The zero-order valence-electron chi connectivity index (χ0n) is 17.6. The number of benzene rings is 1. The van der Waals surface area contributed by atoms with Crippen molar-refractivity contribution in [2.24, 2.45) is 23.2 Å². The quantitative estimate of drug-likeness (QED) is 0.534. The molecule has 4 fully saturated rings. The summed E-state index contributed by atoms with van der Waals surface area (Å²) >= 11 is 1.73. The highest BCUT2D eigenvalue weighted by molar-refractivity contribution is 7.13. The van der Waals surface area contributed by atoms with Gasteiger partial charge in [-0.15, -0.1) is 11.3 Å². The molecule has 1 N–H and O–H groups in total. The average Bonchev–Trinajstić information content (AvgIpc) is 3.35. The van der Waals surface area contributed by atoms with Gasteiger partial charge < -0.3 is 9.88 Å². The molecule has 0 unspecified atom stereocenters. The van der Waals surface area contributed by atoms with Crippen molar-refractivity contribution in [2.75, 3.05) is 0 Å². The van der Waals surface area contributed by atoms with Crippen molar-refractivity contribution in [1.82, 2.24) is 9.88 Å². The number of amides is 1. The molecule has 3 aromatic rings. The van der Waals surface area contributed by atoms with Crippen LogP contribution in [0.5, 0.6) is 0 Å². The van der Waals surface area contributed by atoms with Crippen molar-refractivity contribution in [3.63, 3.8) is 0 Å². The molecule has 4 saturated carbocycles. The third kappa shape index (κ3) is 3.03. The Hall–Kier alpha value is -2.07. The van der Waals surface area contributed by atoms with Crippen LogP contribution in [-0.4, -0.2) is 16.5 Å². The van der Waals surface area contributed by atoms with E-state index in [1.165, 1.54) is 48.8 Å². The predicted octanol–water partition coefficient (Wildman–Crippen LogP) is 6.09. The van der Waals surface area contributed by atoms with Crippen LogP contribution in [0.4, 0.5) is 0 Å². The van der Waals surface area contributed by atoms with Crippen LogP contribution in [0.25, 0.3) is 21.5 Å². The van der Waals surface area contributed by atoms with Crippen molar-refractivity contribution in [2.45, 2.75) is 58.0 Å². The summed E-state index contributed by atoms with van der Waals surface area (Å²) in [6.45, 7) is 2.66.